The summed E-state index contributed by atoms with van der Waals surface area (Å²) in [5.41, 5.74) is 1.07. The summed E-state index contributed by atoms with van der Waals surface area (Å²) < 4.78 is 0. The first-order valence-corrected chi connectivity index (χ1v) is 6.61. The number of carbonyl (C=O) groups excluding carboxylic acids is 2. The number of amides is 2. The fourth-order valence-corrected chi connectivity index (χ4v) is 2.56. The molecular formula is C11H10BrCl2NO2. The van der Waals surface area contributed by atoms with Gasteiger partial charge in [0, 0.05) is 24.2 Å². The number of hydrogen-bond donors (Lipinski definition) is 0. The standard InChI is InChI=1S/C11H10BrCl2NO2/c1-6(16)15(7(2)17)11-8(5-12)3-9(13)4-10(11)14/h3-4H,5H2,1-2H3. The van der Waals surface area contributed by atoms with Gasteiger partial charge in [-0.05, 0) is 17.7 Å². The van der Waals surface area contributed by atoms with Crippen molar-refractivity contribution >= 4 is 56.6 Å². The van der Waals surface area contributed by atoms with Gasteiger partial charge in [-0.15, -0.1) is 0 Å². The summed E-state index contributed by atoms with van der Waals surface area (Å²) in [6.45, 7) is 2.62. The Morgan fingerprint density at radius 2 is 1.76 bits per heavy atom. The molecule has 0 aliphatic rings. The SMILES string of the molecule is CC(=O)N(C(C)=O)c1c(Cl)cc(Cl)cc1CBr. The van der Waals surface area contributed by atoms with Crippen LogP contribution in [-0.2, 0) is 14.9 Å². The topological polar surface area (TPSA) is 37.4 Å². The number of carbonyl (C=O) groups is 2. The molecular weight excluding hydrogens is 329 g/mol. The molecule has 1 aromatic rings. The lowest BCUT2D eigenvalue weighted by Gasteiger charge is -2.21. The van der Waals surface area contributed by atoms with E-state index in [2.05, 4.69) is 15.9 Å². The molecule has 6 heteroatoms. The third kappa shape index (κ3) is 3.21. The van der Waals surface area contributed by atoms with Gasteiger partial charge in [-0.2, -0.15) is 0 Å². The van der Waals surface area contributed by atoms with Crippen LogP contribution in [0.3, 0.4) is 0 Å². The van der Waals surface area contributed by atoms with E-state index in [9.17, 15) is 9.59 Å². The van der Waals surface area contributed by atoms with Crippen molar-refractivity contribution in [3.8, 4) is 0 Å². The van der Waals surface area contributed by atoms with Gasteiger partial charge in [-0.1, -0.05) is 39.1 Å². The Morgan fingerprint density at radius 3 is 2.18 bits per heavy atom. The van der Waals surface area contributed by atoms with E-state index in [4.69, 9.17) is 23.2 Å². The van der Waals surface area contributed by atoms with Gasteiger partial charge in [0.15, 0.2) is 0 Å². The maximum absolute atomic E-state index is 11.5. The van der Waals surface area contributed by atoms with Crippen molar-refractivity contribution in [2.45, 2.75) is 19.2 Å². The van der Waals surface area contributed by atoms with E-state index in [-0.39, 0.29) is 16.8 Å². The van der Waals surface area contributed by atoms with Crippen molar-refractivity contribution in [3.63, 3.8) is 0 Å². The number of imide groups is 1. The van der Waals surface area contributed by atoms with Gasteiger partial charge < -0.3 is 0 Å². The molecule has 0 N–H and O–H groups in total. The molecule has 1 aromatic carbocycles. The van der Waals surface area contributed by atoms with Crippen molar-refractivity contribution in [1.29, 1.82) is 0 Å². The third-order valence-electron chi connectivity index (χ3n) is 2.10. The Labute approximate surface area is 118 Å². The first kappa shape index (κ1) is 14.5. The highest BCUT2D eigenvalue weighted by Crippen LogP contribution is 2.34. The van der Waals surface area contributed by atoms with Crippen LogP contribution in [0.15, 0.2) is 12.1 Å². The molecule has 0 unspecified atom stereocenters. The average molecular weight is 339 g/mol. The molecule has 0 aliphatic carbocycles. The summed E-state index contributed by atoms with van der Waals surface area (Å²) in [6, 6.07) is 3.17. The quantitative estimate of drug-likeness (QED) is 0.769. The van der Waals surface area contributed by atoms with E-state index in [1.165, 1.54) is 19.9 Å². The average Bonchev–Trinajstić information content (AvgIpc) is 2.20. The Bertz CT molecular complexity index is 463. The first-order chi connectivity index (χ1) is 7.88. The molecule has 1 rings (SSSR count). The Balaban J connectivity index is 3.47. The Morgan fingerprint density at radius 1 is 1.24 bits per heavy atom. The second kappa shape index (κ2) is 5.85. The summed E-state index contributed by atoms with van der Waals surface area (Å²) >= 11 is 15.2. The van der Waals surface area contributed by atoms with Crippen LogP contribution in [0, 0.1) is 0 Å². The molecule has 0 saturated heterocycles. The maximum atomic E-state index is 11.5. The van der Waals surface area contributed by atoms with Gasteiger partial charge in [0.25, 0.3) is 0 Å². The minimum absolute atomic E-state index is 0.275. The van der Waals surface area contributed by atoms with Gasteiger partial charge in [-0.25, -0.2) is 4.90 Å². The smallest absolute Gasteiger partial charge is 0.230 e. The number of nitrogens with zero attached hydrogens (tertiary/aromatic N) is 1. The highest BCUT2D eigenvalue weighted by molar-refractivity contribution is 9.08. The zero-order valence-corrected chi connectivity index (χ0v) is 12.4. The minimum Gasteiger partial charge on any atom is -0.274 e. The second-order valence-corrected chi connectivity index (χ2v) is 4.81. The zero-order valence-electron chi connectivity index (χ0n) is 9.26. The molecule has 92 valence electrons. The van der Waals surface area contributed by atoms with Crippen molar-refractivity contribution in [3.05, 3.63) is 27.7 Å². The molecule has 0 heterocycles. The van der Waals surface area contributed by atoms with Crippen LogP contribution in [0.1, 0.15) is 19.4 Å². The third-order valence-corrected chi connectivity index (χ3v) is 3.21. The van der Waals surface area contributed by atoms with E-state index < -0.39 is 0 Å². The molecule has 3 nitrogen and oxygen atoms in total. The van der Waals surface area contributed by atoms with Crippen LogP contribution in [0.4, 0.5) is 5.69 Å². The second-order valence-electron chi connectivity index (χ2n) is 3.40. The lowest BCUT2D eigenvalue weighted by molar-refractivity contribution is -0.124. The van der Waals surface area contributed by atoms with E-state index in [0.29, 0.717) is 21.6 Å². The van der Waals surface area contributed by atoms with Crippen molar-refractivity contribution in [2.75, 3.05) is 4.90 Å². The summed E-state index contributed by atoms with van der Waals surface area (Å²) in [5, 5.41) is 1.18. The number of alkyl halides is 1. The molecule has 0 bridgehead atoms. The van der Waals surface area contributed by atoms with E-state index >= 15 is 0 Å². The molecule has 0 saturated carbocycles. The fraction of sp³-hybridized carbons (Fsp3) is 0.273. The van der Waals surface area contributed by atoms with Crippen LogP contribution in [0.2, 0.25) is 10.0 Å². The monoisotopic (exact) mass is 337 g/mol. The molecule has 0 aromatic heterocycles. The van der Waals surface area contributed by atoms with Gasteiger partial charge in [0.05, 0.1) is 10.7 Å². The highest BCUT2D eigenvalue weighted by atomic mass is 79.9. The molecule has 2 amide bonds. The molecule has 0 atom stereocenters. The number of anilines is 1. The summed E-state index contributed by atoms with van der Waals surface area (Å²) in [5.74, 6) is -0.771. The molecule has 0 fully saturated rings. The number of halogens is 3. The van der Waals surface area contributed by atoms with E-state index in [0.717, 1.165) is 4.90 Å². The van der Waals surface area contributed by atoms with Gasteiger partial charge >= 0.3 is 0 Å². The molecule has 0 radical (unpaired) electrons. The number of hydrogen-bond acceptors (Lipinski definition) is 2. The van der Waals surface area contributed by atoms with Crippen molar-refractivity contribution in [1.82, 2.24) is 0 Å². The fourth-order valence-electron chi connectivity index (χ4n) is 1.51. The first-order valence-electron chi connectivity index (χ1n) is 4.73. The van der Waals surface area contributed by atoms with E-state index in [1.807, 2.05) is 0 Å². The molecule has 0 aliphatic heterocycles. The van der Waals surface area contributed by atoms with E-state index in [1.54, 1.807) is 6.07 Å². The van der Waals surface area contributed by atoms with Crippen LogP contribution >= 0.6 is 39.1 Å². The summed E-state index contributed by atoms with van der Waals surface area (Å²) in [4.78, 5) is 24.0. The molecule has 0 spiro atoms. The van der Waals surface area contributed by atoms with Crippen molar-refractivity contribution < 1.29 is 9.59 Å². The highest BCUT2D eigenvalue weighted by Gasteiger charge is 2.22. The van der Waals surface area contributed by atoms with Crippen LogP contribution in [0.25, 0.3) is 0 Å². The largest absolute Gasteiger partial charge is 0.274 e. The van der Waals surface area contributed by atoms with Crippen LogP contribution in [0.5, 0.6) is 0 Å². The molecule has 17 heavy (non-hydrogen) atoms. The van der Waals surface area contributed by atoms with Crippen LogP contribution in [-0.4, -0.2) is 11.8 Å². The predicted molar refractivity (Wildman–Crippen MR) is 72.9 cm³/mol. The van der Waals surface area contributed by atoms with Crippen molar-refractivity contribution in [2.24, 2.45) is 0 Å². The lowest BCUT2D eigenvalue weighted by atomic mass is 10.1. The van der Waals surface area contributed by atoms with Gasteiger partial charge in [0.1, 0.15) is 0 Å². The predicted octanol–water partition coefficient (Wildman–Crippen LogP) is 3.79. The van der Waals surface area contributed by atoms with Crippen LogP contribution < -0.4 is 4.90 Å². The summed E-state index contributed by atoms with van der Waals surface area (Å²) in [6.07, 6.45) is 0. The Hall–Kier alpha value is -0.580. The number of rotatable bonds is 2. The normalized spacial score (nSPS) is 10.2. The van der Waals surface area contributed by atoms with Gasteiger partial charge in [0.2, 0.25) is 11.8 Å². The zero-order chi connectivity index (χ0) is 13.2. The van der Waals surface area contributed by atoms with Gasteiger partial charge in [-0.3, -0.25) is 9.59 Å². The summed E-state index contributed by atoms with van der Waals surface area (Å²) in [7, 11) is 0. The minimum atomic E-state index is -0.385. The number of benzene rings is 1. The lowest BCUT2D eigenvalue weighted by Crippen LogP contribution is -2.34. The maximum Gasteiger partial charge on any atom is 0.230 e. The Kier molecular flexibility index (Phi) is 4.98.